The number of benzene rings is 1. The van der Waals surface area contributed by atoms with E-state index in [0.29, 0.717) is 22.4 Å². The van der Waals surface area contributed by atoms with E-state index in [-0.39, 0.29) is 11.2 Å². The zero-order valence-corrected chi connectivity index (χ0v) is 14.4. The largest absolute Gasteiger partial charge is 0.497 e. The lowest BCUT2D eigenvalue weighted by atomic mass is 10.0. The van der Waals surface area contributed by atoms with Crippen LogP contribution in [0.3, 0.4) is 0 Å². The maximum Gasteiger partial charge on any atom is 0.237 e. The van der Waals surface area contributed by atoms with Gasteiger partial charge in [0.15, 0.2) is 0 Å². The Balaban J connectivity index is 1.97. The molecule has 122 valence electrons. The van der Waals surface area contributed by atoms with Crippen LogP contribution in [0.2, 0.25) is 0 Å². The maximum atomic E-state index is 12.4. The molecule has 0 saturated heterocycles. The van der Waals surface area contributed by atoms with Gasteiger partial charge < -0.3 is 14.8 Å². The van der Waals surface area contributed by atoms with Crippen LogP contribution < -0.4 is 14.8 Å². The van der Waals surface area contributed by atoms with Gasteiger partial charge in [-0.3, -0.25) is 4.79 Å². The molecule has 22 heavy (non-hydrogen) atoms. The predicted octanol–water partition coefficient (Wildman–Crippen LogP) is 4.10. The molecule has 1 N–H and O–H groups in total. The Hall–Kier alpha value is -1.36. The van der Waals surface area contributed by atoms with Gasteiger partial charge in [0.05, 0.1) is 25.2 Å². The van der Waals surface area contributed by atoms with E-state index >= 15 is 0 Å². The molecule has 0 aromatic heterocycles. The number of ether oxygens (including phenoxy) is 2. The normalized spacial score (nSPS) is 16.9. The van der Waals surface area contributed by atoms with E-state index < -0.39 is 0 Å². The quantitative estimate of drug-likeness (QED) is 0.856. The summed E-state index contributed by atoms with van der Waals surface area (Å²) in [4.78, 5) is 12.4. The molecule has 1 aromatic carbocycles. The van der Waals surface area contributed by atoms with Crippen LogP contribution in [0.5, 0.6) is 11.5 Å². The minimum atomic E-state index is -0.0704. The van der Waals surface area contributed by atoms with Crippen molar-refractivity contribution in [2.45, 2.75) is 49.5 Å². The zero-order chi connectivity index (χ0) is 15.9. The Labute approximate surface area is 137 Å². The van der Waals surface area contributed by atoms with Crippen LogP contribution in [0.1, 0.15) is 39.0 Å². The number of methoxy groups -OCH3 is 2. The minimum Gasteiger partial charge on any atom is -0.497 e. The highest BCUT2D eigenvalue weighted by atomic mass is 32.2. The van der Waals surface area contributed by atoms with Crippen LogP contribution >= 0.6 is 11.8 Å². The van der Waals surface area contributed by atoms with Crippen molar-refractivity contribution in [1.82, 2.24) is 0 Å². The molecule has 2 rings (SSSR count). The first-order valence-corrected chi connectivity index (χ1v) is 8.76. The van der Waals surface area contributed by atoms with Gasteiger partial charge in [0.25, 0.3) is 0 Å². The molecule has 0 spiro atoms. The fraction of sp³-hybridized carbons (Fsp3) is 0.588. The highest BCUT2D eigenvalue weighted by Crippen LogP contribution is 2.33. The summed E-state index contributed by atoms with van der Waals surface area (Å²) in [5.74, 6) is 1.36. The number of hydrogen-bond acceptors (Lipinski definition) is 4. The minimum absolute atomic E-state index is 0.0159. The Kier molecular flexibility index (Phi) is 6.43. The van der Waals surface area contributed by atoms with Gasteiger partial charge in [-0.2, -0.15) is 0 Å². The number of anilines is 1. The third kappa shape index (κ3) is 4.57. The fourth-order valence-electron chi connectivity index (χ4n) is 2.70. The van der Waals surface area contributed by atoms with Gasteiger partial charge in [0.1, 0.15) is 11.5 Å². The van der Waals surface area contributed by atoms with Gasteiger partial charge >= 0.3 is 0 Å². The van der Waals surface area contributed by atoms with Crippen molar-refractivity contribution in [2.75, 3.05) is 19.5 Å². The first-order chi connectivity index (χ1) is 10.6. The molecule has 1 aliphatic carbocycles. The standard InChI is InChI=1S/C17H25NO3S/c1-12(22-14-7-5-4-6-8-14)17(19)18-15-11-13(20-2)9-10-16(15)21-3/h9-12,14H,4-8H2,1-3H3,(H,18,19). The van der Waals surface area contributed by atoms with Crippen molar-refractivity contribution >= 4 is 23.4 Å². The molecule has 1 fully saturated rings. The molecular weight excluding hydrogens is 298 g/mol. The molecule has 4 nitrogen and oxygen atoms in total. The third-order valence-corrected chi connectivity index (χ3v) is 5.46. The number of rotatable bonds is 6. The summed E-state index contributed by atoms with van der Waals surface area (Å²) in [5, 5.41) is 3.50. The third-order valence-electron chi connectivity index (χ3n) is 3.98. The highest BCUT2D eigenvalue weighted by molar-refractivity contribution is 8.01. The SMILES string of the molecule is COc1ccc(OC)c(NC(=O)C(C)SC2CCCCC2)c1. The number of carbonyl (C=O) groups is 1. The van der Waals surface area contributed by atoms with Gasteiger partial charge in [0.2, 0.25) is 5.91 Å². The molecule has 0 radical (unpaired) electrons. The van der Waals surface area contributed by atoms with Gasteiger partial charge in [-0.15, -0.1) is 11.8 Å². The molecule has 1 aromatic rings. The van der Waals surface area contributed by atoms with E-state index in [1.807, 2.05) is 13.0 Å². The summed E-state index contributed by atoms with van der Waals surface area (Å²) < 4.78 is 10.5. The first kappa shape index (κ1) is 17.0. The summed E-state index contributed by atoms with van der Waals surface area (Å²) in [5.41, 5.74) is 0.656. The molecule has 0 aliphatic heterocycles. The van der Waals surface area contributed by atoms with Crippen molar-refractivity contribution in [2.24, 2.45) is 0 Å². The molecule has 1 atom stereocenters. The second-order valence-corrected chi connectivity index (χ2v) is 7.24. The monoisotopic (exact) mass is 323 g/mol. The summed E-state index contributed by atoms with van der Waals surface area (Å²) in [6.07, 6.45) is 6.36. The van der Waals surface area contributed by atoms with Crippen LogP contribution in [-0.4, -0.2) is 30.6 Å². The Morgan fingerprint density at radius 1 is 1.23 bits per heavy atom. The lowest BCUT2D eigenvalue weighted by Gasteiger charge is -2.24. The second kappa shape index (κ2) is 8.32. The van der Waals surface area contributed by atoms with Gasteiger partial charge in [-0.05, 0) is 31.9 Å². The van der Waals surface area contributed by atoms with E-state index in [1.165, 1.54) is 32.1 Å². The van der Waals surface area contributed by atoms with Crippen molar-refractivity contribution in [3.8, 4) is 11.5 Å². The molecule has 0 bridgehead atoms. The predicted molar refractivity (Wildman–Crippen MR) is 92.1 cm³/mol. The summed E-state index contributed by atoms with van der Waals surface area (Å²) in [7, 11) is 3.20. The van der Waals surface area contributed by atoms with Crippen LogP contribution in [0.4, 0.5) is 5.69 Å². The van der Waals surface area contributed by atoms with Crippen LogP contribution in [0, 0.1) is 0 Å². The molecule has 1 saturated carbocycles. The lowest BCUT2D eigenvalue weighted by Crippen LogP contribution is -2.25. The van der Waals surface area contributed by atoms with E-state index in [0.717, 1.165) is 0 Å². The Bertz CT molecular complexity index is 501. The molecular formula is C17H25NO3S. The molecule has 1 amide bonds. The average Bonchev–Trinajstić information content (AvgIpc) is 2.55. The van der Waals surface area contributed by atoms with Crippen LogP contribution in [-0.2, 0) is 4.79 Å². The fourth-order valence-corrected chi connectivity index (χ4v) is 4.06. The van der Waals surface area contributed by atoms with Crippen LogP contribution in [0.25, 0.3) is 0 Å². The number of thioether (sulfide) groups is 1. The number of amides is 1. The molecule has 5 heteroatoms. The Morgan fingerprint density at radius 3 is 2.59 bits per heavy atom. The van der Waals surface area contributed by atoms with Crippen molar-refractivity contribution < 1.29 is 14.3 Å². The van der Waals surface area contributed by atoms with Gasteiger partial charge in [-0.1, -0.05) is 19.3 Å². The van der Waals surface area contributed by atoms with Crippen molar-refractivity contribution in [3.63, 3.8) is 0 Å². The topological polar surface area (TPSA) is 47.6 Å². The number of hydrogen-bond donors (Lipinski definition) is 1. The zero-order valence-electron chi connectivity index (χ0n) is 13.6. The number of nitrogens with one attached hydrogen (secondary N) is 1. The molecule has 0 heterocycles. The van der Waals surface area contributed by atoms with E-state index in [2.05, 4.69) is 5.32 Å². The van der Waals surface area contributed by atoms with Gasteiger partial charge in [-0.25, -0.2) is 0 Å². The summed E-state index contributed by atoms with van der Waals surface area (Å²) in [6.45, 7) is 1.97. The van der Waals surface area contributed by atoms with E-state index in [1.54, 1.807) is 38.1 Å². The molecule has 1 unspecified atom stereocenters. The van der Waals surface area contributed by atoms with Crippen LogP contribution in [0.15, 0.2) is 18.2 Å². The van der Waals surface area contributed by atoms with Crippen molar-refractivity contribution in [1.29, 1.82) is 0 Å². The maximum absolute atomic E-state index is 12.4. The summed E-state index contributed by atoms with van der Waals surface area (Å²) >= 11 is 1.79. The molecule has 1 aliphatic rings. The van der Waals surface area contributed by atoms with E-state index in [4.69, 9.17) is 9.47 Å². The highest BCUT2D eigenvalue weighted by Gasteiger charge is 2.22. The summed E-state index contributed by atoms with van der Waals surface area (Å²) in [6, 6.07) is 5.40. The smallest absolute Gasteiger partial charge is 0.237 e. The van der Waals surface area contributed by atoms with Crippen molar-refractivity contribution in [3.05, 3.63) is 18.2 Å². The first-order valence-electron chi connectivity index (χ1n) is 7.82. The van der Waals surface area contributed by atoms with E-state index in [9.17, 15) is 4.79 Å². The average molecular weight is 323 g/mol. The lowest BCUT2D eigenvalue weighted by molar-refractivity contribution is -0.115. The van der Waals surface area contributed by atoms with Gasteiger partial charge in [0, 0.05) is 11.3 Å². The number of carbonyl (C=O) groups excluding carboxylic acids is 1. The second-order valence-electron chi connectivity index (χ2n) is 5.59. The Morgan fingerprint density at radius 2 is 1.95 bits per heavy atom.